The van der Waals surface area contributed by atoms with E-state index in [0.29, 0.717) is 5.56 Å². The number of halogens is 2. The van der Waals surface area contributed by atoms with Gasteiger partial charge in [0.1, 0.15) is 11.6 Å². The normalized spacial score (nSPS) is 10.5. The number of nitrogens with one attached hydrogen (secondary N) is 1. The second-order valence-electron chi connectivity index (χ2n) is 4.97. The molecule has 0 spiro atoms. The van der Waals surface area contributed by atoms with E-state index in [9.17, 15) is 28.5 Å². The number of nitro groups is 1. The number of nitro benzene ring substituents is 1. The van der Waals surface area contributed by atoms with Gasteiger partial charge < -0.3 is 10.1 Å². The van der Waals surface area contributed by atoms with Gasteiger partial charge >= 0.3 is 5.97 Å². The van der Waals surface area contributed by atoms with Crippen LogP contribution < -0.4 is 5.32 Å². The topological polar surface area (TPSA) is 98.5 Å². The summed E-state index contributed by atoms with van der Waals surface area (Å²) in [7, 11) is 0. The fourth-order valence-corrected chi connectivity index (χ4v) is 1.87. The Balaban J connectivity index is 1.88. The van der Waals surface area contributed by atoms with Gasteiger partial charge in [-0.05, 0) is 23.8 Å². The molecule has 0 saturated heterocycles. The van der Waals surface area contributed by atoms with Crippen LogP contribution in [0.15, 0.2) is 48.5 Å². The van der Waals surface area contributed by atoms with E-state index in [1.165, 1.54) is 30.3 Å². The second-order valence-corrected chi connectivity index (χ2v) is 4.97. The van der Waals surface area contributed by atoms with Crippen LogP contribution in [-0.2, 0) is 14.3 Å². The number of carbonyl (C=O) groups is 2. The summed E-state index contributed by atoms with van der Waals surface area (Å²) >= 11 is 0. The molecule has 0 aliphatic heterocycles. The molecule has 26 heavy (non-hydrogen) atoms. The Morgan fingerprint density at radius 3 is 2.69 bits per heavy atom. The number of hydrogen-bond donors (Lipinski definition) is 1. The van der Waals surface area contributed by atoms with Crippen LogP contribution in [0.4, 0.5) is 20.2 Å². The Hall–Kier alpha value is -3.62. The monoisotopic (exact) mass is 362 g/mol. The third-order valence-electron chi connectivity index (χ3n) is 3.04. The summed E-state index contributed by atoms with van der Waals surface area (Å²) in [6.07, 6.45) is 2.26. The number of anilines is 1. The predicted molar refractivity (Wildman–Crippen MR) is 88.1 cm³/mol. The van der Waals surface area contributed by atoms with Gasteiger partial charge in [0.05, 0.1) is 10.6 Å². The fraction of sp³-hybridized carbons (Fsp3) is 0.0588. The summed E-state index contributed by atoms with van der Waals surface area (Å²) < 4.78 is 31.0. The highest BCUT2D eigenvalue weighted by atomic mass is 19.1. The van der Waals surface area contributed by atoms with Crippen LogP contribution in [-0.4, -0.2) is 23.4 Å². The maximum Gasteiger partial charge on any atom is 0.331 e. The van der Waals surface area contributed by atoms with E-state index in [0.717, 1.165) is 24.3 Å². The van der Waals surface area contributed by atoms with Crippen molar-refractivity contribution in [3.05, 3.63) is 75.9 Å². The average Bonchev–Trinajstić information content (AvgIpc) is 2.61. The molecule has 7 nitrogen and oxygen atoms in total. The van der Waals surface area contributed by atoms with Crippen LogP contribution in [0.2, 0.25) is 0 Å². The number of rotatable bonds is 6. The van der Waals surface area contributed by atoms with Crippen molar-refractivity contribution in [1.82, 2.24) is 0 Å². The predicted octanol–water partition coefficient (Wildman–Crippen LogP) is 3.07. The lowest BCUT2D eigenvalue weighted by molar-refractivity contribution is -0.384. The zero-order valence-electron chi connectivity index (χ0n) is 13.1. The van der Waals surface area contributed by atoms with Gasteiger partial charge in [0.15, 0.2) is 6.61 Å². The minimum absolute atomic E-state index is 0.142. The van der Waals surface area contributed by atoms with E-state index in [-0.39, 0.29) is 11.4 Å². The number of hydrogen-bond acceptors (Lipinski definition) is 5. The quantitative estimate of drug-likeness (QED) is 0.369. The highest BCUT2D eigenvalue weighted by molar-refractivity contribution is 5.94. The molecular formula is C17H12F2N2O5. The van der Waals surface area contributed by atoms with Gasteiger partial charge in [0.2, 0.25) is 0 Å². The molecule has 0 saturated carbocycles. The minimum Gasteiger partial charge on any atom is -0.452 e. The highest BCUT2D eigenvalue weighted by Gasteiger charge is 2.10. The van der Waals surface area contributed by atoms with Crippen LogP contribution in [0.1, 0.15) is 5.56 Å². The van der Waals surface area contributed by atoms with Gasteiger partial charge in [-0.2, -0.15) is 0 Å². The summed E-state index contributed by atoms with van der Waals surface area (Å²) in [4.78, 5) is 33.2. The summed E-state index contributed by atoms with van der Waals surface area (Å²) in [6.45, 7) is -0.714. The Labute approximate surface area is 146 Å². The standard InChI is InChI=1S/C17H12F2N2O5/c18-12-5-6-14(19)15(9-12)20-16(22)10-26-17(23)7-4-11-2-1-3-13(8-11)21(24)25/h1-9H,10H2,(H,20,22)/b7-4+. The molecule has 2 aromatic carbocycles. The van der Waals surface area contributed by atoms with Crippen molar-refractivity contribution in [2.75, 3.05) is 11.9 Å². The Morgan fingerprint density at radius 1 is 1.19 bits per heavy atom. The molecule has 1 N–H and O–H groups in total. The van der Waals surface area contributed by atoms with Gasteiger partial charge in [-0.15, -0.1) is 0 Å². The van der Waals surface area contributed by atoms with Crippen molar-refractivity contribution in [3.8, 4) is 0 Å². The zero-order valence-corrected chi connectivity index (χ0v) is 13.1. The van der Waals surface area contributed by atoms with Gasteiger partial charge in [0, 0.05) is 24.3 Å². The van der Waals surface area contributed by atoms with Crippen molar-refractivity contribution >= 4 is 29.3 Å². The molecule has 0 unspecified atom stereocenters. The van der Waals surface area contributed by atoms with Crippen molar-refractivity contribution in [3.63, 3.8) is 0 Å². The number of carbonyl (C=O) groups excluding carboxylic acids is 2. The molecule has 134 valence electrons. The van der Waals surface area contributed by atoms with Gasteiger partial charge in [-0.25, -0.2) is 13.6 Å². The first-order valence-electron chi connectivity index (χ1n) is 7.19. The van der Waals surface area contributed by atoms with Gasteiger partial charge in [0.25, 0.3) is 11.6 Å². The third kappa shape index (κ3) is 5.48. The first-order valence-corrected chi connectivity index (χ1v) is 7.19. The van der Waals surface area contributed by atoms with E-state index in [1.54, 1.807) is 0 Å². The lowest BCUT2D eigenvalue weighted by Gasteiger charge is -2.06. The molecule has 2 aromatic rings. The first-order chi connectivity index (χ1) is 12.3. The summed E-state index contributed by atoms with van der Waals surface area (Å²) in [5.41, 5.74) is -0.127. The van der Waals surface area contributed by atoms with Gasteiger partial charge in [-0.3, -0.25) is 14.9 Å². The van der Waals surface area contributed by atoms with Crippen molar-refractivity contribution in [1.29, 1.82) is 0 Å². The third-order valence-corrected chi connectivity index (χ3v) is 3.04. The van der Waals surface area contributed by atoms with Crippen molar-refractivity contribution in [2.24, 2.45) is 0 Å². The molecule has 0 atom stereocenters. The Morgan fingerprint density at radius 2 is 1.96 bits per heavy atom. The van der Waals surface area contributed by atoms with Crippen molar-refractivity contribution in [2.45, 2.75) is 0 Å². The number of amides is 1. The Bertz CT molecular complexity index is 883. The maximum absolute atomic E-state index is 13.4. The Kier molecular flexibility index (Phi) is 6.10. The molecule has 0 aromatic heterocycles. The number of benzene rings is 2. The van der Waals surface area contributed by atoms with E-state index < -0.39 is 35.0 Å². The fourth-order valence-electron chi connectivity index (χ4n) is 1.87. The number of non-ortho nitro benzene ring substituents is 1. The lowest BCUT2D eigenvalue weighted by Crippen LogP contribution is -2.20. The van der Waals surface area contributed by atoms with Crippen LogP contribution >= 0.6 is 0 Å². The molecule has 2 rings (SSSR count). The number of esters is 1. The van der Waals surface area contributed by atoms with E-state index in [4.69, 9.17) is 0 Å². The molecule has 0 aliphatic rings. The maximum atomic E-state index is 13.4. The molecule has 0 bridgehead atoms. The molecule has 1 amide bonds. The average molecular weight is 362 g/mol. The molecular weight excluding hydrogens is 350 g/mol. The van der Waals surface area contributed by atoms with Crippen LogP contribution in [0, 0.1) is 21.7 Å². The van der Waals surface area contributed by atoms with Crippen LogP contribution in [0.3, 0.4) is 0 Å². The lowest BCUT2D eigenvalue weighted by atomic mass is 10.2. The van der Waals surface area contributed by atoms with E-state index in [1.807, 2.05) is 0 Å². The van der Waals surface area contributed by atoms with E-state index >= 15 is 0 Å². The first kappa shape index (κ1) is 18.7. The number of ether oxygens (including phenoxy) is 1. The zero-order chi connectivity index (χ0) is 19.1. The minimum atomic E-state index is -0.883. The smallest absolute Gasteiger partial charge is 0.331 e. The summed E-state index contributed by atoms with van der Waals surface area (Å²) in [6, 6.07) is 8.06. The summed E-state index contributed by atoms with van der Waals surface area (Å²) in [5.74, 6) is -3.31. The van der Waals surface area contributed by atoms with Crippen LogP contribution in [0.25, 0.3) is 6.08 Å². The number of nitrogens with zero attached hydrogens (tertiary/aromatic N) is 1. The van der Waals surface area contributed by atoms with Crippen molar-refractivity contribution < 1.29 is 28.0 Å². The SMILES string of the molecule is O=C(COC(=O)/C=C/c1cccc([N+](=O)[O-])c1)Nc1cc(F)ccc1F. The largest absolute Gasteiger partial charge is 0.452 e. The molecule has 0 fully saturated rings. The van der Waals surface area contributed by atoms with E-state index in [2.05, 4.69) is 10.1 Å². The molecule has 0 aliphatic carbocycles. The molecule has 9 heteroatoms. The summed E-state index contributed by atoms with van der Waals surface area (Å²) in [5, 5.41) is 12.7. The molecule has 0 radical (unpaired) electrons. The van der Waals surface area contributed by atoms with Crippen LogP contribution in [0.5, 0.6) is 0 Å². The second kappa shape index (κ2) is 8.47. The van der Waals surface area contributed by atoms with Gasteiger partial charge in [-0.1, -0.05) is 12.1 Å². The molecule has 0 heterocycles. The highest BCUT2D eigenvalue weighted by Crippen LogP contribution is 2.15.